The summed E-state index contributed by atoms with van der Waals surface area (Å²) in [5, 5.41) is 3.56. The highest BCUT2D eigenvalue weighted by Gasteiger charge is 2.09. The molecule has 2 N–H and O–H groups in total. The molecule has 3 nitrogen and oxygen atoms in total. The molecule has 0 aliphatic heterocycles. The molecule has 0 heterocycles. The molecule has 0 spiro atoms. The lowest BCUT2D eigenvalue weighted by molar-refractivity contribution is 0.304. The van der Waals surface area contributed by atoms with Crippen molar-refractivity contribution in [2.75, 3.05) is 0 Å². The highest BCUT2D eigenvalue weighted by Crippen LogP contribution is 2.32. The molecule has 0 fully saturated rings. The second-order valence-corrected chi connectivity index (χ2v) is 5.63. The van der Waals surface area contributed by atoms with Crippen molar-refractivity contribution in [3.05, 3.63) is 62.5 Å². The van der Waals surface area contributed by atoms with E-state index in [0.29, 0.717) is 6.61 Å². The number of hydrazone groups is 1. The number of halogens is 2. The van der Waals surface area contributed by atoms with Crippen LogP contribution in [0, 0.1) is 0 Å². The van der Waals surface area contributed by atoms with Crippen LogP contribution in [0.4, 0.5) is 0 Å². The number of nitrogens with zero attached hydrogens (tertiary/aromatic N) is 1. The largest absolute Gasteiger partial charge is 0.487 e. The third-order valence-corrected chi connectivity index (χ3v) is 3.52. The Balaban J connectivity index is 2.24. The fraction of sp³-hybridized carbons (Fsp3) is 0.0714. The van der Waals surface area contributed by atoms with E-state index in [1.807, 2.05) is 42.5 Å². The van der Waals surface area contributed by atoms with Crippen molar-refractivity contribution in [2.45, 2.75) is 6.61 Å². The predicted molar refractivity (Wildman–Crippen MR) is 84.4 cm³/mol. The van der Waals surface area contributed by atoms with Crippen molar-refractivity contribution in [2.24, 2.45) is 10.9 Å². The smallest absolute Gasteiger partial charge is 0.142 e. The second kappa shape index (κ2) is 6.73. The van der Waals surface area contributed by atoms with Crippen LogP contribution in [0.5, 0.6) is 5.75 Å². The number of hydrogen-bond donors (Lipinski definition) is 1. The first-order valence-corrected chi connectivity index (χ1v) is 7.18. The van der Waals surface area contributed by atoms with Gasteiger partial charge < -0.3 is 10.6 Å². The molecule has 19 heavy (non-hydrogen) atoms. The molecular formula is C14H12Br2N2O. The maximum absolute atomic E-state index is 5.85. The number of ether oxygens (including phenoxy) is 1. The Morgan fingerprint density at radius 2 is 1.89 bits per heavy atom. The fourth-order valence-corrected chi connectivity index (χ4v) is 3.01. The van der Waals surface area contributed by atoms with Crippen LogP contribution in [0.15, 0.2) is 56.5 Å². The van der Waals surface area contributed by atoms with Crippen LogP contribution >= 0.6 is 31.9 Å². The van der Waals surface area contributed by atoms with Crippen molar-refractivity contribution in [3.8, 4) is 5.75 Å². The van der Waals surface area contributed by atoms with Gasteiger partial charge in [0, 0.05) is 10.0 Å². The van der Waals surface area contributed by atoms with Crippen molar-refractivity contribution in [1.29, 1.82) is 0 Å². The summed E-state index contributed by atoms with van der Waals surface area (Å²) in [4.78, 5) is 0. The minimum atomic E-state index is 0.493. The van der Waals surface area contributed by atoms with Gasteiger partial charge in [-0.2, -0.15) is 5.10 Å². The van der Waals surface area contributed by atoms with Gasteiger partial charge >= 0.3 is 0 Å². The van der Waals surface area contributed by atoms with E-state index in [2.05, 4.69) is 37.0 Å². The zero-order chi connectivity index (χ0) is 13.7. The molecule has 0 bridgehead atoms. The molecule has 2 aromatic rings. The van der Waals surface area contributed by atoms with Crippen LogP contribution in [-0.2, 0) is 6.61 Å². The summed E-state index contributed by atoms with van der Waals surface area (Å²) in [5.74, 6) is 5.94. The standard InChI is InChI=1S/C14H12Br2N2O/c15-12-6-11(8-18-17)14(13(16)7-12)19-9-10-4-2-1-3-5-10/h1-8H,9,17H2/b18-8-. The molecule has 0 radical (unpaired) electrons. The lowest BCUT2D eigenvalue weighted by Crippen LogP contribution is -2.00. The topological polar surface area (TPSA) is 47.6 Å². The Hall–Kier alpha value is -1.33. The Bertz CT molecular complexity index is 585. The van der Waals surface area contributed by atoms with Crippen LogP contribution in [0.1, 0.15) is 11.1 Å². The molecule has 0 amide bonds. The van der Waals surface area contributed by atoms with Crippen LogP contribution in [0.2, 0.25) is 0 Å². The summed E-state index contributed by atoms with van der Waals surface area (Å²) in [6.45, 7) is 0.493. The summed E-state index contributed by atoms with van der Waals surface area (Å²) in [6.07, 6.45) is 1.57. The van der Waals surface area contributed by atoms with E-state index >= 15 is 0 Å². The predicted octanol–water partition coefficient (Wildman–Crippen LogP) is 4.08. The highest BCUT2D eigenvalue weighted by molar-refractivity contribution is 9.11. The zero-order valence-corrected chi connectivity index (χ0v) is 13.2. The van der Waals surface area contributed by atoms with Gasteiger partial charge in [-0.25, -0.2) is 0 Å². The van der Waals surface area contributed by atoms with Gasteiger partial charge in [-0.3, -0.25) is 0 Å². The molecule has 5 heteroatoms. The molecule has 0 aliphatic rings. The summed E-state index contributed by atoms with van der Waals surface area (Å²) in [5.41, 5.74) is 1.92. The van der Waals surface area contributed by atoms with Gasteiger partial charge in [0.1, 0.15) is 12.4 Å². The Kier molecular flexibility index (Phi) is 4.99. The average molecular weight is 384 g/mol. The first kappa shape index (κ1) is 14.1. The maximum Gasteiger partial charge on any atom is 0.142 e. The Morgan fingerprint density at radius 1 is 1.16 bits per heavy atom. The van der Waals surface area contributed by atoms with Gasteiger partial charge in [0.25, 0.3) is 0 Å². The number of benzene rings is 2. The first-order valence-electron chi connectivity index (χ1n) is 5.59. The quantitative estimate of drug-likeness (QED) is 0.491. The van der Waals surface area contributed by atoms with E-state index in [0.717, 1.165) is 25.8 Å². The third-order valence-electron chi connectivity index (χ3n) is 2.48. The number of rotatable bonds is 4. The molecule has 0 unspecified atom stereocenters. The van der Waals surface area contributed by atoms with Crippen molar-refractivity contribution >= 4 is 38.1 Å². The Labute approximate surface area is 128 Å². The zero-order valence-electron chi connectivity index (χ0n) is 10.0. The fourth-order valence-electron chi connectivity index (χ4n) is 1.64. The summed E-state index contributed by atoms with van der Waals surface area (Å²) < 4.78 is 7.63. The normalized spacial score (nSPS) is 10.8. The van der Waals surface area contributed by atoms with Crippen molar-refractivity contribution in [3.63, 3.8) is 0 Å². The summed E-state index contributed by atoms with van der Waals surface area (Å²) >= 11 is 6.91. The van der Waals surface area contributed by atoms with Gasteiger partial charge in [-0.15, -0.1) is 0 Å². The van der Waals surface area contributed by atoms with Gasteiger partial charge in [0.05, 0.1) is 10.7 Å². The lowest BCUT2D eigenvalue weighted by Gasteiger charge is -2.11. The van der Waals surface area contributed by atoms with Crippen LogP contribution < -0.4 is 10.6 Å². The van der Waals surface area contributed by atoms with Crippen molar-refractivity contribution < 1.29 is 4.74 Å². The van der Waals surface area contributed by atoms with E-state index in [1.165, 1.54) is 0 Å². The minimum Gasteiger partial charge on any atom is -0.487 e. The monoisotopic (exact) mass is 382 g/mol. The molecule has 98 valence electrons. The summed E-state index contributed by atoms with van der Waals surface area (Å²) in [7, 11) is 0. The molecule has 2 aromatic carbocycles. The average Bonchev–Trinajstić information content (AvgIpc) is 2.39. The van der Waals surface area contributed by atoms with Crippen LogP contribution in [0.3, 0.4) is 0 Å². The van der Waals surface area contributed by atoms with E-state index in [-0.39, 0.29) is 0 Å². The number of nitrogens with two attached hydrogens (primary N) is 1. The third kappa shape index (κ3) is 3.81. The number of hydrogen-bond acceptors (Lipinski definition) is 3. The van der Waals surface area contributed by atoms with Crippen molar-refractivity contribution in [1.82, 2.24) is 0 Å². The lowest BCUT2D eigenvalue weighted by atomic mass is 10.2. The SMILES string of the molecule is N/N=C\c1cc(Br)cc(Br)c1OCc1ccccc1. The van der Waals surface area contributed by atoms with Gasteiger partial charge in [0.2, 0.25) is 0 Å². The van der Waals surface area contributed by atoms with E-state index in [4.69, 9.17) is 10.6 Å². The first-order chi connectivity index (χ1) is 9.20. The van der Waals surface area contributed by atoms with Crippen LogP contribution in [-0.4, -0.2) is 6.21 Å². The molecule has 0 saturated heterocycles. The minimum absolute atomic E-state index is 0.493. The molecule has 2 rings (SSSR count). The summed E-state index contributed by atoms with van der Waals surface area (Å²) in [6, 6.07) is 13.8. The second-order valence-electron chi connectivity index (χ2n) is 3.86. The molecule has 0 aliphatic carbocycles. The molecule has 0 atom stereocenters. The van der Waals surface area contributed by atoms with E-state index in [1.54, 1.807) is 6.21 Å². The van der Waals surface area contributed by atoms with E-state index < -0.39 is 0 Å². The highest BCUT2D eigenvalue weighted by atomic mass is 79.9. The Morgan fingerprint density at radius 3 is 2.58 bits per heavy atom. The van der Waals surface area contributed by atoms with Crippen LogP contribution in [0.25, 0.3) is 0 Å². The van der Waals surface area contributed by atoms with Gasteiger partial charge in [-0.1, -0.05) is 46.3 Å². The van der Waals surface area contributed by atoms with E-state index in [9.17, 15) is 0 Å². The van der Waals surface area contributed by atoms with Gasteiger partial charge in [0.15, 0.2) is 0 Å². The molecule has 0 aromatic heterocycles. The molecule has 0 saturated carbocycles. The van der Waals surface area contributed by atoms with Gasteiger partial charge in [-0.05, 0) is 33.6 Å². The molecular weight excluding hydrogens is 372 g/mol. The maximum atomic E-state index is 5.85.